The molecule has 2 unspecified atom stereocenters. The number of esters is 1. The summed E-state index contributed by atoms with van der Waals surface area (Å²) in [6, 6.07) is 9.49. The van der Waals surface area contributed by atoms with Crippen molar-refractivity contribution in [3.8, 4) is 0 Å². The zero-order chi connectivity index (χ0) is 23.9. The minimum Gasteiger partial charge on any atom is -0.459 e. The first-order valence-corrected chi connectivity index (χ1v) is 11.9. The van der Waals surface area contributed by atoms with Crippen LogP contribution in [-0.4, -0.2) is 29.8 Å². The molecule has 1 aliphatic carbocycles. The summed E-state index contributed by atoms with van der Waals surface area (Å²) >= 11 is 0. The number of amides is 1. The van der Waals surface area contributed by atoms with Gasteiger partial charge in [0, 0.05) is 5.57 Å². The maximum absolute atomic E-state index is 13.0. The van der Waals surface area contributed by atoms with Crippen LogP contribution in [0.5, 0.6) is 0 Å². The average Bonchev–Trinajstić information content (AvgIpc) is 2.66. The first-order chi connectivity index (χ1) is 14.9. The van der Waals surface area contributed by atoms with Gasteiger partial charge in [0.05, 0.1) is 6.04 Å². The van der Waals surface area contributed by atoms with Gasteiger partial charge in [-0.1, -0.05) is 63.6 Å². The Balaban J connectivity index is 2.13. The second-order valence-corrected chi connectivity index (χ2v) is 10.6. The summed E-state index contributed by atoms with van der Waals surface area (Å²) in [5, 5.41) is 2.90. The Morgan fingerprint density at radius 2 is 1.81 bits per heavy atom. The second kappa shape index (κ2) is 11.5. The van der Waals surface area contributed by atoms with E-state index < -0.39 is 11.7 Å². The average molecular weight is 444 g/mol. The van der Waals surface area contributed by atoms with Gasteiger partial charge in [0.25, 0.3) is 0 Å². The van der Waals surface area contributed by atoms with Gasteiger partial charge in [-0.05, 0) is 70.3 Å². The number of hydrogen-bond acceptors (Lipinski definition) is 4. The Morgan fingerprint density at radius 1 is 1.16 bits per heavy atom. The molecule has 1 N–H and O–H groups in total. The fraction of sp³-hybridized carbons (Fsp3) is 0.630. The molecule has 1 aromatic rings. The van der Waals surface area contributed by atoms with E-state index in [9.17, 15) is 9.59 Å². The Morgan fingerprint density at radius 3 is 2.41 bits per heavy atom. The number of ether oxygens (including phenoxy) is 2. The Kier molecular flexibility index (Phi) is 9.35. The zero-order valence-corrected chi connectivity index (χ0v) is 20.8. The highest BCUT2D eigenvalue weighted by molar-refractivity contribution is 5.88. The van der Waals surface area contributed by atoms with Gasteiger partial charge in [0.2, 0.25) is 0 Å². The summed E-state index contributed by atoms with van der Waals surface area (Å²) in [6.07, 6.45) is 4.97. The van der Waals surface area contributed by atoms with Crippen molar-refractivity contribution in [1.29, 1.82) is 0 Å². The third-order valence-corrected chi connectivity index (χ3v) is 5.99. The fourth-order valence-corrected chi connectivity index (χ4v) is 4.33. The normalized spacial score (nSPS) is 22.9. The topological polar surface area (TPSA) is 64.6 Å². The van der Waals surface area contributed by atoms with E-state index in [-0.39, 0.29) is 18.1 Å². The molecule has 0 aromatic heterocycles. The standard InChI is InChI=1S/C27H41NO4/c1-18(2)23-14-13-19(3)15-24(23)31-25(29)20(4)16-22(17-21-11-9-8-10-12-21)28-26(30)32-27(5,6)7/h8-12,16,18-19,22-24H,13-15,17H2,1-7H3,(H,28,30)/b20-16+/t19-,22-,23?,24?/m1/s1. The third-order valence-electron chi connectivity index (χ3n) is 5.99. The maximum atomic E-state index is 13.0. The molecule has 0 saturated heterocycles. The lowest BCUT2D eigenvalue weighted by Gasteiger charge is -2.36. The van der Waals surface area contributed by atoms with E-state index in [1.54, 1.807) is 13.0 Å². The van der Waals surface area contributed by atoms with Crippen molar-refractivity contribution >= 4 is 12.1 Å². The summed E-state index contributed by atoms with van der Waals surface area (Å²) in [5.74, 6) is 1.12. The number of alkyl carbamates (subject to hydrolysis) is 1. The molecule has 0 aliphatic heterocycles. The molecule has 1 saturated carbocycles. The van der Waals surface area contributed by atoms with E-state index in [4.69, 9.17) is 9.47 Å². The molecule has 1 amide bonds. The molecular formula is C27H41NO4. The third kappa shape index (κ3) is 8.68. The van der Waals surface area contributed by atoms with Crippen LogP contribution in [0.25, 0.3) is 0 Å². The number of benzene rings is 1. The van der Waals surface area contributed by atoms with E-state index in [2.05, 4.69) is 26.1 Å². The largest absolute Gasteiger partial charge is 0.459 e. The smallest absolute Gasteiger partial charge is 0.408 e. The Bertz CT molecular complexity index is 779. The molecule has 1 aromatic carbocycles. The monoisotopic (exact) mass is 443 g/mol. The minimum atomic E-state index is -0.595. The molecule has 5 nitrogen and oxygen atoms in total. The minimum absolute atomic E-state index is 0.0546. The molecule has 32 heavy (non-hydrogen) atoms. The number of rotatable bonds is 7. The lowest BCUT2D eigenvalue weighted by molar-refractivity contribution is -0.151. The Labute approximate surface area is 193 Å². The van der Waals surface area contributed by atoms with E-state index in [1.165, 1.54) is 6.42 Å². The highest BCUT2D eigenvalue weighted by Crippen LogP contribution is 2.35. The predicted octanol–water partition coefficient (Wildman–Crippen LogP) is 6.07. The molecule has 2 rings (SSSR count). The first-order valence-electron chi connectivity index (χ1n) is 11.9. The van der Waals surface area contributed by atoms with E-state index in [0.29, 0.717) is 29.7 Å². The molecule has 178 valence electrons. The molecule has 1 fully saturated rings. The molecule has 0 radical (unpaired) electrons. The highest BCUT2D eigenvalue weighted by Gasteiger charge is 2.33. The van der Waals surface area contributed by atoms with Gasteiger partial charge in [-0.2, -0.15) is 0 Å². The van der Waals surface area contributed by atoms with Crippen LogP contribution in [0.2, 0.25) is 0 Å². The summed E-state index contributed by atoms with van der Waals surface area (Å²) in [7, 11) is 0. The van der Waals surface area contributed by atoms with Crippen LogP contribution in [0, 0.1) is 17.8 Å². The predicted molar refractivity (Wildman–Crippen MR) is 128 cm³/mol. The van der Waals surface area contributed by atoms with Crippen molar-refractivity contribution in [2.75, 3.05) is 0 Å². The van der Waals surface area contributed by atoms with Crippen molar-refractivity contribution in [1.82, 2.24) is 5.32 Å². The van der Waals surface area contributed by atoms with Crippen LogP contribution in [0.15, 0.2) is 42.0 Å². The van der Waals surface area contributed by atoms with E-state index in [1.807, 2.05) is 51.1 Å². The second-order valence-electron chi connectivity index (χ2n) is 10.6. The molecule has 0 spiro atoms. The molecule has 0 heterocycles. The van der Waals surface area contributed by atoms with Gasteiger partial charge in [-0.3, -0.25) is 0 Å². The van der Waals surface area contributed by atoms with Gasteiger partial charge in [-0.25, -0.2) is 9.59 Å². The van der Waals surface area contributed by atoms with Gasteiger partial charge in [0.15, 0.2) is 0 Å². The van der Waals surface area contributed by atoms with Crippen LogP contribution in [0.1, 0.15) is 73.3 Å². The number of carbonyl (C=O) groups excluding carboxylic acids is 2. The van der Waals surface area contributed by atoms with Gasteiger partial charge >= 0.3 is 12.1 Å². The van der Waals surface area contributed by atoms with Crippen LogP contribution < -0.4 is 5.32 Å². The summed E-state index contributed by atoms with van der Waals surface area (Å²) in [6.45, 7) is 13.9. The van der Waals surface area contributed by atoms with Crippen LogP contribution in [-0.2, 0) is 20.7 Å². The SMILES string of the molecule is C/C(=C\[C@H](Cc1ccccc1)NC(=O)OC(C)(C)C)C(=O)OC1C[C@H](C)CCC1C(C)C. The van der Waals surface area contributed by atoms with E-state index in [0.717, 1.165) is 18.4 Å². The molecule has 0 bridgehead atoms. The lowest BCUT2D eigenvalue weighted by Crippen LogP contribution is -2.40. The van der Waals surface area contributed by atoms with Gasteiger partial charge in [0.1, 0.15) is 11.7 Å². The van der Waals surface area contributed by atoms with Crippen LogP contribution >= 0.6 is 0 Å². The summed E-state index contributed by atoms with van der Waals surface area (Å²) < 4.78 is 11.4. The summed E-state index contributed by atoms with van der Waals surface area (Å²) in [4.78, 5) is 25.4. The number of hydrogen-bond donors (Lipinski definition) is 1. The van der Waals surface area contributed by atoms with Crippen molar-refractivity contribution in [3.05, 3.63) is 47.5 Å². The van der Waals surface area contributed by atoms with Crippen molar-refractivity contribution < 1.29 is 19.1 Å². The fourth-order valence-electron chi connectivity index (χ4n) is 4.33. The summed E-state index contributed by atoms with van der Waals surface area (Å²) in [5.41, 5.74) is 0.970. The molecule has 5 heteroatoms. The lowest BCUT2D eigenvalue weighted by atomic mass is 9.75. The highest BCUT2D eigenvalue weighted by atomic mass is 16.6. The van der Waals surface area contributed by atoms with Crippen molar-refractivity contribution in [2.45, 2.75) is 91.9 Å². The quantitative estimate of drug-likeness (QED) is 0.410. The van der Waals surface area contributed by atoms with Gasteiger partial charge < -0.3 is 14.8 Å². The van der Waals surface area contributed by atoms with Crippen LogP contribution in [0.3, 0.4) is 0 Å². The number of nitrogens with one attached hydrogen (secondary N) is 1. The maximum Gasteiger partial charge on any atom is 0.408 e. The first kappa shape index (κ1) is 26.0. The van der Waals surface area contributed by atoms with E-state index >= 15 is 0 Å². The number of carbonyl (C=O) groups is 2. The zero-order valence-electron chi connectivity index (χ0n) is 20.8. The van der Waals surface area contributed by atoms with Crippen molar-refractivity contribution in [3.63, 3.8) is 0 Å². The Hall–Kier alpha value is -2.30. The van der Waals surface area contributed by atoms with Gasteiger partial charge in [-0.15, -0.1) is 0 Å². The molecule has 4 atom stereocenters. The van der Waals surface area contributed by atoms with Crippen LogP contribution in [0.4, 0.5) is 4.79 Å². The van der Waals surface area contributed by atoms with Crippen molar-refractivity contribution in [2.24, 2.45) is 17.8 Å². The molecule has 1 aliphatic rings. The molecular weight excluding hydrogens is 402 g/mol.